The number of aliphatic imine (C=N–C) groups is 1. The summed E-state index contributed by atoms with van der Waals surface area (Å²) in [4.78, 5) is 4.29. The molecule has 0 bridgehead atoms. The van der Waals surface area contributed by atoms with Gasteiger partial charge >= 0.3 is 0 Å². The van der Waals surface area contributed by atoms with Crippen LogP contribution in [-0.2, 0) is 21.3 Å². The Hall–Kier alpha value is -1.59. The van der Waals surface area contributed by atoms with E-state index in [1.165, 1.54) is 11.1 Å². The molecule has 5 nitrogen and oxygen atoms in total. The van der Waals surface area contributed by atoms with E-state index in [0.29, 0.717) is 13.2 Å². The first-order valence-electron chi connectivity index (χ1n) is 9.14. The Morgan fingerprint density at radius 2 is 1.80 bits per heavy atom. The molecule has 0 fully saturated rings. The molecule has 5 heteroatoms. The van der Waals surface area contributed by atoms with Crippen LogP contribution in [0.4, 0.5) is 0 Å². The molecule has 0 aliphatic heterocycles. The number of guanidine groups is 1. The summed E-state index contributed by atoms with van der Waals surface area (Å²) in [5, 5.41) is 6.76. The number of rotatable bonds is 11. The highest BCUT2D eigenvalue weighted by Gasteiger charge is 2.20. The number of benzene rings is 1. The van der Waals surface area contributed by atoms with E-state index in [0.717, 1.165) is 38.5 Å². The molecule has 0 saturated heterocycles. The van der Waals surface area contributed by atoms with Crippen LogP contribution < -0.4 is 10.6 Å². The molecule has 0 unspecified atom stereocenters. The summed E-state index contributed by atoms with van der Waals surface area (Å²) in [6, 6.07) is 8.89. The third-order valence-corrected chi connectivity index (χ3v) is 4.25. The van der Waals surface area contributed by atoms with Crippen LogP contribution in [0.25, 0.3) is 0 Å². The largest absolute Gasteiger partial charge is 0.382 e. The van der Waals surface area contributed by atoms with Crippen LogP contribution >= 0.6 is 0 Å². The molecular formula is C20H35N3O2. The van der Waals surface area contributed by atoms with Crippen LogP contribution in [0.5, 0.6) is 0 Å². The summed E-state index contributed by atoms with van der Waals surface area (Å²) in [6.07, 6.45) is 2.01. The van der Waals surface area contributed by atoms with Gasteiger partial charge in [0.15, 0.2) is 5.96 Å². The number of hydrogen-bond donors (Lipinski definition) is 2. The molecule has 0 heterocycles. The second-order valence-corrected chi connectivity index (χ2v) is 6.75. The van der Waals surface area contributed by atoms with E-state index < -0.39 is 0 Å². The summed E-state index contributed by atoms with van der Waals surface area (Å²) in [6.45, 7) is 10.3. The van der Waals surface area contributed by atoms with E-state index >= 15 is 0 Å². The van der Waals surface area contributed by atoms with E-state index in [1.807, 2.05) is 0 Å². The van der Waals surface area contributed by atoms with Crippen LogP contribution in [0.1, 0.15) is 38.3 Å². The monoisotopic (exact) mass is 349 g/mol. The first kappa shape index (κ1) is 21.5. The molecule has 25 heavy (non-hydrogen) atoms. The van der Waals surface area contributed by atoms with Gasteiger partial charge in [0, 0.05) is 39.3 Å². The fourth-order valence-corrected chi connectivity index (χ4v) is 2.44. The maximum Gasteiger partial charge on any atom is 0.191 e. The second-order valence-electron chi connectivity index (χ2n) is 6.75. The molecule has 0 spiro atoms. The Bertz CT molecular complexity index is 498. The third kappa shape index (κ3) is 8.36. The van der Waals surface area contributed by atoms with Crippen LogP contribution in [0.2, 0.25) is 0 Å². The predicted molar refractivity (Wildman–Crippen MR) is 106 cm³/mol. The van der Waals surface area contributed by atoms with Gasteiger partial charge in [0.1, 0.15) is 0 Å². The Balaban J connectivity index is 2.34. The van der Waals surface area contributed by atoms with Crippen LogP contribution in [0.3, 0.4) is 0 Å². The zero-order chi connectivity index (χ0) is 18.5. The van der Waals surface area contributed by atoms with E-state index in [9.17, 15) is 0 Å². The van der Waals surface area contributed by atoms with Crippen molar-refractivity contribution in [1.82, 2.24) is 10.6 Å². The van der Waals surface area contributed by atoms with Gasteiger partial charge in [-0.2, -0.15) is 0 Å². The standard InChI is InChI=1S/C20H35N3O2/c1-6-17-8-10-18(11-9-17)20(2,3)16-23-19(21-4)22-12-7-13-25-15-14-24-5/h8-11H,6-7,12-16H2,1-5H3,(H2,21,22,23). The number of methoxy groups -OCH3 is 1. The van der Waals surface area contributed by atoms with Crippen molar-refractivity contribution in [2.45, 2.75) is 39.0 Å². The van der Waals surface area contributed by atoms with Crippen molar-refractivity contribution in [3.05, 3.63) is 35.4 Å². The Kier molecular flexibility index (Phi) is 10.2. The molecule has 0 saturated carbocycles. The third-order valence-electron chi connectivity index (χ3n) is 4.25. The maximum absolute atomic E-state index is 5.46. The van der Waals surface area contributed by atoms with Gasteiger partial charge in [-0.25, -0.2) is 0 Å². The van der Waals surface area contributed by atoms with Crippen LogP contribution in [0, 0.1) is 0 Å². The minimum Gasteiger partial charge on any atom is -0.382 e. The van der Waals surface area contributed by atoms with Gasteiger partial charge in [-0.3, -0.25) is 4.99 Å². The average molecular weight is 350 g/mol. The Morgan fingerprint density at radius 3 is 2.40 bits per heavy atom. The van der Waals surface area contributed by atoms with Gasteiger partial charge in [-0.1, -0.05) is 45.0 Å². The summed E-state index contributed by atoms with van der Waals surface area (Å²) >= 11 is 0. The molecule has 142 valence electrons. The Labute approximate surface area is 153 Å². The highest BCUT2D eigenvalue weighted by molar-refractivity contribution is 5.79. The number of ether oxygens (including phenoxy) is 2. The fraction of sp³-hybridized carbons (Fsp3) is 0.650. The van der Waals surface area contributed by atoms with Gasteiger partial charge in [0.25, 0.3) is 0 Å². The molecular weight excluding hydrogens is 314 g/mol. The minimum absolute atomic E-state index is 0.0349. The minimum atomic E-state index is 0.0349. The number of aryl methyl sites for hydroxylation is 1. The second kappa shape index (κ2) is 11.9. The molecule has 1 aromatic rings. The van der Waals surface area contributed by atoms with Crippen molar-refractivity contribution >= 4 is 5.96 Å². The van der Waals surface area contributed by atoms with Gasteiger partial charge in [-0.05, 0) is 24.0 Å². The van der Waals surface area contributed by atoms with Crippen molar-refractivity contribution in [2.24, 2.45) is 4.99 Å². The summed E-state index contributed by atoms with van der Waals surface area (Å²) in [5.74, 6) is 0.829. The number of nitrogens with zero attached hydrogens (tertiary/aromatic N) is 1. The topological polar surface area (TPSA) is 54.9 Å². The summed E-state index contributed by atoms with van der Waals surface area (Å²) in [7, 11) is 3.48. The van der Waals surface area contributed by atoms with E-state index in [2.05, 4.69) is 60.7 Å². The van der Waals surface area contributed by atoms with Gasteiger partial charge in [-0.15, -0.1) is 0 Å². The zero-order valence-corrected chi connectivity index (χ0v) is 16.5. The van der Waals surface area contributed by atoms with Crippen molar-refractivity contribution in [3.8, 4) is 0 Å². The maximum atomic E-state index is 5.46. The smallest absolute Gasteiger partial charge is 0.191 e. The van der Waals surface area contributed by atoms with Crippen molar-refractivity contribution in [2.75, 3.05) is 47.1 Å². The quantitative estimate of drug-likeness (QED) is 0.366. The first-order chi connectivity index (χ1) is 12.0. The molecule has 0 radical (unpaired) electrons. The molecule has 0 atom stereocenters. The molecule has 0 aliphatic carbocycles. The van der Waals surface area contributed by atoms with Crippen LogP contribution in [0.15, 0.2) is 29.3 Å². The molecule has 0 aliphatic rings. The Morgan fingerprint density at radius 1 is 1.08 bits per heavy atom. The highest BCUT2D eigenvalue weighted by atomic mass is 16.5. The van der Waals surface area contributed by atoms with Crippen molar-refractivity contribution < 1.29 is 9.47 Å². The van der Waals surface area contributed by atoms with Crippen molar-refractivity contribution in [1.29, 1.82) is 0 Å². The van der Waals surface area contributed by atoms with Gasteiger partial charge in [0.2, 0.25) is 0 Å². The molecule has 1 aromatic carbocycles. The predicted octanol–water partition coefficient (Wildman–Crippen LogP) is 2.74. The summed E-state index contributed by atoms with van der Waals surface area (Å²) < 4.78 is 10.4. The molecule has 0 amide bonds. The van der Waals surface area contributed by atoms with Crippen molar-refractivity contribution in [3.63, 3.8) is 0 Å². The van der Waals surface area contributed by atoms with E-state index in [1.54, 1.807) is 14.2 Å². The zero-order valence-electron chi connectivity index (χ0n) is 16.5. The van der Waals surface area contributed by atoms with Gasteiger partial charge in [0.05, 0.1) is 13.2 Å². The van der Waals surface area contributed by atoms with E-state index in [4.69, 9.17) is 9.47 Å². The lowest BCUT2D eigenvalue weighted by Crippen LogP contribution is -2.43. The molecule has 1 rings (SSSR count). The highest BCUT2D eigenvalue weighted by Crippen LogP contribution is 2.22. The van der Waals surface area contributed by atoms with Crippen LogP contribution in [-0.4, -0.2) is 53.0 Å². The summed E-state index contributed by atoms with van der Waals surface area (Å²) in [5.41, 5.74) is 2.74. The lowest BCUT2D eigenvalue weighted by atomic mass is 9.84. The number of hydrogen-bond acceptors (Lipinski definition) is 3. The van der Waals surface area contributed by atoms with E-state index in [-0.39, 0.29) is 5.41 Å². The average Bonchev–Trinajstić information content (AvgIpc) is 2.63. The number of nitrogens with one attached hydrogen (secondary N) is 2. The lowest BCUT2D eigenvalue weighted by molar-refractivity contribution is 0.0698. The first-order valence-corrected chi connectivity index (χ1v) is 9.14. The molecule has 0 aromatic heterocycles. The SMILES string of the molecule is CCc1ccc(C(C)(C)CNC(=NC)NCCCOCCOC)cc1. The van der Waals surface area contributed by atoms with Gasteiger partial charge < -0.3 is 20.1 Å². The normalized spacial score (nSPS) is 12.3. The molecule has 2 N–H and O–H groups in total. The fourth-order valence-electron chi connectivity index (χ4n) is 2.44. The lowest BCUT2D eigenvalue weighted by Gasteiger charge is -2.27.